The van der Waals surface area contributed by atoms with E-state index in [0.717, 1.165) is 10.4 Å². The van der Waals surface area contributed by atoms with Gasteiger partial charge < -0.3 is 9.47 Å². The normalized spacial score (nSPS) is 14.9. The molecule has 2 aromatic heterocycles. The number of nitrogens with zero attached hydrogens (tertiary/aromatic N) is 2. The number of halogens is 3. The second-order valence-electron chi connectivity index (χ2n) is 12.3. The summed E-state index contributed by atoms with van der Waals surface area (Å²) in [5.74, 6) is -2.66. The molecule has 1 fully saturated rings. The van der Waals surface area contributed by atoms with Crippen molar-refractivity contribution in [3.05, 3.63) is 142 Å². The molecule has 4 aromatic carbocycles. The molecule has 0 saturated heterocycles. The van der Waals surface area contributed by atoms with Crippen molar-refractivity contribution in [2.75, 3.05) is 13.7 Å². The summed E-state index contributed by atoms with van der Waals surface area (Å²) in [7, 11) is -3.00. The van der Waals surface area contributed by atoms with E-state index in [1.54, 1.807) is 78.9 Å². The van der Waals surface area contributed by atoms with Crippen LogP contribution >= 0.6 is 30.8 Å². The van der Waals surface area contributed by atoms with Gasteiger partial charge in [0, 0.05) is 28.8 Å². The molecule has 1 aliphatic carbocycles. The Morgan fingerprint density at radius 3 is 2.10 bits per heavy atom. The average molecular weight is 765 g/mol. The highest BCUT2D eigenvalue weighted by atomic mass is 35.5. The zero-order valence-electron chi connectivity index (χ0n) is 27.7. The minimum Gasteiger partial charge on any atom is -0.493 e. The maximum Gasteiger partial charge on any atom is 0.476 e. The first kappa shape index (κ1) is 36.0. The fraction of sp³-hybridized carbons (Fsp3) is 0.211. The van der Waals surface area contributed by atoms with Gasteiger partial charge in [0.25, 0.3) is 11.5 Å². The SMILES string of the molecule is COc1cc(-n2cnc3cc(-c4ccc(Cl)cc4)sc3c2=O)ccc1OCC1(OP(=O)(OCc2ccccc2)OCc2ccccc2)CC(F)(F)C1. The molecule has 0 bridgehead atoms. The van der Waals surface area contributed by atoms with E-state index in [2.05, 4.69) is 4.98 Å². The zero-order valence-corrected chi connectivity index (χ0v) is 30.2. The first-order chi connectivity index (χ1) is 25.0. The Balaban J connectivity index is 1.11. The van der Waals surface area contributed by atoms with Gasteiger partial charge in [0.15, 0.2) is 11.5 Å². The number of fused-ring (bicyclic) bond motifs is 1. The molecule has 6 aromatic rings. The van der Waals surface area contributed by atoms with Crippen LogP contribution in [0.2, 0.25) is 5.02 Å². The van der Waals surface area contributed by atoms with E-state index in [-0.39, 0.29) is 30.3 Å². The predicted molar refractivity (Wildman–Crippen MR) is 196 cm³/mol. The molecule has 0 atom stereocenters. The quantitative estimate of drug-likeness (QED) is 0.101. The molecule has 268 valence electrons. The summed E-state index contributed by atoms with van der Waals surface area (Å²) in [6, 6.07) is 31.9. The summed E-state index contributed by atoms with van der Waals surface area (Å²) in [4.78, 5) is 19.0. The van der Waals surface area contributed by atoms with E-state index in [9.17, 15) is 18.1 Å². The van der Waals surface area contributed by atoms with Gasteiger partial charge in [0.05, 0.1) is 31.5 Å². The lowest BCUT2D eigenvalue weighted by Crippen LogP contribution is -2.56. The van der Waals surface area contributed by atoms with Crippen molar-refractivity contribution in [3.63, 3.8) is 0 Å². The zero-order chi connectivity index (χ0) is 36.3. The number of hydrogen-bond donors (Lipinski definition) is 0. The average Bonchev–Trinajstić information content (AvgIpc) is 3.58. The molecule has 52 heavy (non-hydrogen) atoms. The van der Waals surface area contributed by atoms with Crippen LogP contribution in [0.3, 0.4) is 0 Å². The number of benzene rings is 4. The number of thiophene rings is 1. The number of rotatable bonds is 14. The molecule has 0 N–H and O–H groups in total. The lowest BCUT2D eigenvalue weighted by Gasteiger charge is -2.46. The molecule has 0 spiro atoms. The van der Waals surface area contributed by atoms with Gasteiger partial charge in [-0.3, -0.25) is 22.9 Å². The molecular formula is C38H32ClF2N2O7PS. The number of alkyl halides is 2. The third kappa shape index (κ3) is 8.13. The van der Waals surface area contributed by atoms with Crippen LogP contribution in [0.5, 0.6) is 11.5 Å². The molecule has 1 saturated carbocycles. The smallest absolute Gasteiger partial charge is 0.476 e. The van der Waals surface area contributed by atoms with Crippen molar-refractivity contribution in [1.82, 2.24) is 9.55 Å². The van der Waals surface area contributed by atoms with E-state index in [1.165, 1.54) is 29.3 Å². The Bertz CT molecular complexity index is 2230. The van der Waals surface area contributed by atoms with Crippen LogP contribution < -0.4 is 15.0 Å². The lowest BCUT2D eigenvalue weighted by atomic mass is 9.77. The number of ether oxygens (including phenoxy) is 2. The molecule has 1 aliphatic rings. The standard InChI is InChI=1S/C38H32ClF2N2O7PS/c1-46-33-18-30(43-25-42-31-19-34(52-35(31)36(43)44)28-12-14-29(39)15-13-28)16-17-32(33)47-24-37(22-38(40,41)23-37)50-51(45,48-20-26-8-4-2-5-9-26)49-21-27-10-6-3-7-11-27/h2-19,25H,20-24H2,1H3. The van der Waals surface area contributed by atoms with Crippen LogP contribution in [-0.2, 0) is 31.4 Å². The number of phosphoric acid groups is 1. The van der Waals surface area contributed by atoms with Gasteiger partial charge in [-0.25, -0.2) is 18.3 Å². The number of hydrogen-bond acceptors (Lipinski definition) is 9. The summed E-state index contributed by atoms with van der Waals surface area (Å²) in [6.07, 6.45) is -0.110. The molecular weight excluding hydrogens is 733 g/mol. The van der Waals surface area contributed by atoms with E-state index in [1.807, 2.05) is 30.3 Å². The number of methoxy groups -OCH3 is 1. The van der Waals surface area contributed by atoms with Crippen LogP contribution in [0.1, 0.15) is 24.0 Å². The first-order valence-corrected chi connectivity index (χ1v) is 18.8. The van der Waals surface area contributed by atoms with Gasteiger partial charge in [-0.15, -0.1) is 11.3 Å². The molecule has 0 unspecified atom stereocenters. The third-order valence-electron chi connectivity index (χ3n) is 8.41. The summed E-state index contributed by atoms with van der Waals surface area (Å²) in [5, 5.41) is 0.612. The van der Waals surface area contributed by atoms with Gasteiger partial charge >= 0.3 is 7.82 Å². The largest absolute Gasteiger partial charge is 0.493 e. The molecule has 9 nitrogen and oxygen atoms in total. The second kappa shape index (κ2) is 14.9. The number of aromatic nitrogens is 2. The van der Waals surface area contributed by atoms with Crippen molar-refractivity contribution < 1.29 is 36.4 Å². The summed E-state index contributed by atoms with van der Waals surface area (Å²) in [5.41, 5.74) is 1.31. The Morgan fingerprint density at radius 1 is 0.865 bits per heavy atom. The predicted octanol–water partition coefficient (Wildman–Crippen LogP) is 9.88. The monoisotopic (exact) mass is 764 g/mol. The minimum absolute atomic E-state index is 0.135. The minimum atomic E-state index is -4.42. The van der Waals surface area contributed by atoms with E-state index in [4.69, 9.17) is 34.6 Å². The third-order valence-corrected chi connectivity index (χ3v) is 11.3. The Labute approximate surface area is 306 Å². The van der Waals surface area contributed by atoms with Gasteiger partial charge in [-0.05, 0) is 47.0 Å². The van der Waals surface area contributed by atoms with E-state index >= 15 is 0 Å². The molecule has 0 amide bonds. The molecule has 2 heterocycles. The molecule has 7 rings (SSSR count). The van der Waals surface area contributed by atoms with Crippen LogP contribution in [0.4, 0.5) is 8.78 Å². The van der Waals surface area contributed by atoms with Crippen molar-refractivity contribution >= 4 is 41.0 Å². The molecule has 0 radical (unpaired) electrons. The van der Waals surface area contributed by atoms with Crippen molar-refractivity contribution in [2.24, 2.45) is 0 Å². The van der Waals surface area contributed by atoms with Crippen LogP contribution in [0, 0.1) is 0 Å². The van der Waals surface area contributed by atoms with E-state index < -0.39 is 38.8 Å². The van der Waals surface area contributed by atoms with Crippen LogP contribution in [-0.4, -0.2) is 34.8 Å². The van der Waals surface area contributed by atoms with Crippen LogP contribution in [0.25, 0.3) is 26.3 Å². The number of phosphoric ester groups is 1. The maximum absolute atomic E-state index is 14.5. The van der Waals surface area contributed by atoms with Gasteiger partial charge in [-0.2, -0.15) is 0 Å². The van der Waals surface area contributed by atoms with E-state index in [0.29, 0.717) is 32.1 Å². The van der Waals surface area contributed by atoms with Crippen molar-refractivity contribution in [1.29, 1.82) is 0 Å². The van der Waals surface area contributed by atoms with Gasteiger partial charge in [-0.1, -0.05) is 84.4 Å². The Morgan fingerprint density at radius 2 is 1.50 bits per heavy atom. The fourth-order valence-electron chi connectivity index (χ4n) is 5.85. The molecule has 14 heteroatoms. The second-order valence-corrected chi connectivity index (χ2v) is 15.4. The van der Waals surface area contributed by atoms with Gasteiger partial charge in [0.2, 0.25) is 0 Å². The Hall–Kier alpha value is -4.42. The summed E-state index contributed by atoms with van der Waals surface area (Å²) < 4.78 is 73.9. The summed E-state index contributed by atoms with van der Waals surface area (Å²) in [6.45, 7) is -0.686. The van der Waals surface area contributed by atoms with Gasteiger partial charge in [0.1, 0.15) is 23.2 Å². The lowest BCUT2D eigenvalue weighted by molar-refractivity contribution is -0.210. The maximum atomic E-state index is 14.5. The highest BCUT2D eigenvalue weighted by molar-refractivity contribution is 7.48. The first-order valence-electron chi connectivity index (χ1n) is 16.2. The highest BCUT2D eigenvalue weighted by Gasteiger charge is 2.61. The fourth-order valence-corrected chi connectivity index (χ4v) is 8.48. The van der Waals surface area contributed by atoms with Crippen LogP contribution in [0.15, 0.2) is 120 Å². The molecule has 0 aliphatic heterocycles. The summed E-state index contributed by atoms with van der Waals surface area (Å²) >= 11 is 7.36. The topological polar surface area (TPSA) is 98.1 Å². The highest BCUT2D eigenvalue weighted by Crippen LogP contribution is 2.61. The Kier molecular flexibility index (Phi) is 10.3. The van der Waals surface area contributed by atoms with Crippen molar-refractivity contribution in [2.45, 2.75) is 37.6 Å². The van der Waals surface area contributed by atoms with Crippen molar-refractivity contribution in [3.8, 4) is 27.6 Å².